The molecule has 0 saturated carbocycles. The lowest BCUT2D eigenvalue weighted by Gasteiger charge is -2.09. The lowest BCUT2D eigenvalue weighted by molar-refractivity contribution is 0.0929. The van der Waals surface area contributed by atoms with E-state index in [0.717, 1.165) is 19.5 Å². The average molecular weight is 192 g/mol. The number of nitrogens with zero attached hydrogens (tertiary/aromatic N) is 2. The Hall–Kier alpha value is -1.49. The maximum atomic E-state index is 11.5. The Bertz CT molecular complexity index is 308. The molecule has 0 unspecified atom stereocenters. The summed E-state index contributed by atoms with van der Waals surface area (Å²) in [5.41, 5.74) is 0. The molecule has 1 aromatic rings. The molecule has 1 atom stereocenters. The van der Waals surface area contributed by atoms with Crippen molar-refractivity contribution in [1.82, 2.24) is 20.6 Å². The highest BCUT2D eigenvalue weighted by Gasteiger charge is 2.18. The minimum atomic E-state index is -0.195. The Morgan fingerprint density at radius 1 is 1.50 bits per heavy atom. The number of carbonyl (C=O) groups excluding carboxylic acids is 1. The Balaban J connectivity index is 1.95. The van der Waals surface area contributed by atoms with Crippen molar-refractivity contribution in [3.63, 3.8) is 0 Å². The van der Waals surface area contributed by atoms with Crippen molar-refractivity contribution in [2.45, 2.75) is 12.5 Å². The van der Waals surface area contributed by atoms with Crippen LogP contribution in [0.25, 0.3) is 0 Å². The zero-order valence-electron chi connectivity index (χ0n) is 7.73. The van der Waals surface area contributed by atoms with Crippen molar-refractivity contribution in [3.05, 3.63) is 24.3 Å². The number of amides is 1. The van der Waals surface area contributed by atoms with Crippen molar-refractivity contribution in [1.29, 1.82) is 0 Å². The minimum absolute atomic E-state index is 0.195. The second-order valence-electron chi connectivity index (χ2n) is 3.24. The van der Waals surface area contributed by atoms with E-state index in [1.807, 2.05) is 0 Å². The SMILES string of the molecule is O=C(N[C@H]1CCNC1)c1ncccn1. The van der Waals surface area contributed by atoms with Gasteiger partial charge >= 0.3 is 0 Å². The zero-order chi connectivity index (χ0) is 9.80. The first kappa shape index (κ1) is 9.08. The fourth-order valence-corrected chi connectivity index (χ4v) is 1.44. The van der Waals surface area contributed by atoms with Gasteiger partial charge in [0.2, 0.25) is 5.82 Å². The topological polar surface area (TPSA) is 66.9 Å². The summed E-state index contributed by atoms with van der Waals surface area (Å²) >= 11 is 0. The molecule has 0 spiro atoms. The lowest BCUT2D eigenvalue weighted by Crippen LogP contribution is -2.37. The quantitative estimate of drug-likeness (QED) is 0.667. The highest BCUT2D eigenvalue weighted by Crippen LogP contribution is 1.98. The second kappa shape index (κ2) is 4.15. The predicted molar refractivity (Wildman–Crippen MR) is 50.8 cm³/mol. The van der Waals surface area contributed by atoms with Crippen LogP contribution in [-0.4, -0.2) is 35.0 Å². The largest absolute Gasteiger partial charge is 0.345 e. The Morgan fingerprint density at radius 2 is 2.29 bits per heavy atom. The number of hydrogen-bond acceptors (Lipinski definition) is 4. The van der Waals surface area contributed by atoms with E-state index in [1.165, 1.54) is 0 Å². The molecule has 1 aromatic heterocycles. The molecule has 1 aliphatic heterocycles. The van der Waals surface area contributed by atoms with Gasteiger partial charge in [-0.1, -0.05) is 0 Å². The summed E-state index contributed by atoms with van der Waals surface area (Å²) in [6.45, 7) is 1.79. The summed E-state index contributed by atoms with van der Waals surface area (Å²) in [7, 11) is 0. The molecule has 0 aromatic carbocycles. The molecule has 1 amide bonds. The highest BCUT2D eigenvalue weighted by atomic mass is 16.2. The third kappa shape index (κ3) is 2.05. The third-order valence-electron chi connectivity index (χ3n) is 2.16. The van der Waals surface area contributed by atoms with E-state index in [2.05, 4.69) is 20.6 Å². The van der Waals surface area contributed by atoms with Gasteiger partial charge in [0, 0.05) is 25.0 Å². The van der Waals surface area contributed by atoms with Gasteiger partial charge < -0.3 is 10.6 Å². The summed E-state index contributed by atoms with van der Waals surface area (Å²) in [5, 5.41) is 6.04. The van der Waals surface area contributed by atoms with Crippen molar-refractivity contribution in [3.8, 4) is 0 Å². The van der Waals surface area contributed by atoms with Crippen molar-refractivity contribution >= 4 is 5.91 Å². The third-order valence-corrected chi connectivity index (χ3v) is 2.16. The first-order valence-electron chi connectivity index (χ1n) is 4.65. The van der Waals surface area contributed by atoms with Crippen LogP contribution in [0.3, 0.4) is 0 Å². The normalized spacial score (nSPS) is 20.7. The van der Waals surface area contributed by atoms with Gasteiger partial charge in [-0.15, -0.1) is 0 Å². The van der Waals surface area contributed by atoms with E-state index in [4.69, 9.17) is 0 Å². The van der Waals surface area contributed by atoms with Gasteiger partial charge in [0.25, 0.3) is 5.91 Å². The second-order valence-corrected chi connectivity index (χ2v) is 3.24. The van der Waals surface area contributed by atoms with Crippen LogP contribution in [0.15, 0.2) is 18.5 Å². The van der Waals surface area contributed by atoms with Crippen LogP contribution < -0.4 is 10.6 Å². The molecule has 0 radical (unpaired) electrons. The number of hydrogen-bond donors (Lipinski definition) is 2. The number of carbonyl (C=O) groups is 1. The van der Waals surface area contributed by atoms with Crippen LogP contribution in [0.4, 0.5) is 0 Å². The summed E-state index contributed by atoms with van der Waals surface area (Å²) in [5.74, 6) is 0.0405. The molecule has 5 heteroatoms. The summed E-state index contributed by atoms with van der Waals surface area (Å²) in [6, 6.07) is 1.90. The van der Waals surface area contributed by atoms with Crippen molar-refractivity contribution in [2.75, 3.05) is 13.1 Å². The van der Waals surface area contributed by atoms with Crippen LogP contribution in [0.5, 0.6) is 0 Å². The highest BCUT2D eigenvalue weighted by molar-refractivity contribution is 5.90. The van der Waals surface area contributed by atoms with E-state index < -0.39 is 0 Å². The predicted octanol–water partition coefficient (Wildman–Crippen LogP) is -0.432. The summed E-state index contributed by atoms with van der Waals surface area (Å²) < 4.78 is 0. The smallest absolute Gasteiger partial charge is 0.289 e. The van der Waals surface area contributed by atoms with E-state index in [1.54, 1.807) is 18.5 Å². The number of rotatable bonds is 2. The lowest BCUT2D eigenvalue weighted by atomic mass is 10.2. The number of nitrogens with one attached hydrogen (secondary N) is 2. The van der Waals surface area contributed by atoms with Gasteiger partial charge in [-0.05, 0) is 19.0 Å². The van der Waals surface area contributed by atoms with E-state index >= 15 is 0 Å². The minimum Gasteiger partial charge on any atom is -0.345 e. The molecule has 1 aliphatic rings. The summed E-state index contributed by atoms with van der Waals surface area (Å²) in [6.07, 6.45) is 4.10. The Labute approximate surface area is 82.0 Å². The van der Waals surface area contributed by atoms with Gasteiger partial charge in [-0.2, -0.15) is 0 Å². The maximum absolute atomic E-state index is 11.5. The first-order valence-corrected chi connectivity index (χ1v) is 4.65. The van der Waals surface area contributed by atoms with Crippen LogP contribution in [0, 0.1) is 0 Å². The molecule has 0 bridgehead atoms. The molecular weight excluding hydrogens is 180 g/mol. The average Bonchev–Trinajstić information content (AvgIpc) is 2.72. The van der Waals surface area contributed by atoms with Gasteiger partial charge in [0.15, 0.2) is 0 Å². The monoisotopic (exact) mass is 192 g/mol. The van der Waals surface area contributed by atoms with Crippen LogP contribution in [-0.2, 0) is 0 Å². The van der Waals surface area contributed by atoms with Crippen LogP contribution in [0.1, 0.15) is 17.0 Å². The van der Waals surface area contributed by atoms with Crippen molar-refractivity contribution < 1.29 is 4.79 Å². The van der Waals surface area contributed by atoms with E-state index in [0.29, 0.717) is 0 Å². The fourth-order valence-electron chi connectivity index (χ4n) is 1.44. The standard InChI is InChI=1S/C9H12N4O/c14-9(8-11-3-1-4-12-8)13-7-2-5-10-6-7/h1,3-4,7,10H,2,5-6H2,(H,13,14)/t7-/m0/s1. The molecule has 2 heterocycles. The molecule has 2 rings (SSSR count). The van der Waals surface area contributed by atoms with Crippen LogP contribution >= 0.6 is 0 Å². The Kier molecular flexibility index (Phi) is 2.69. The molecule has 0 aliphatic carbocycles. The van der Waals surface area contributed by atoms with Gasteiger partial charge in [0.1, 0.15) is 0 Å². The molecule has 14 heavy (non-hydrogen) atoms. The molecule has 1 saturated heterocycles. The molecule has 2 N–H and O–H groups in total. The number of aromatic nitrogens is 2. The van der Waals surface area contributed by atoms with Crippen molar-refractivity contribution in [2.24, 2.45) is 0 Å². The summed E-state index contributed by atoms with van der Waals surface area (Å²) in [4.78, 5) is 19.3. The van der Waals surface area contributed by atoms with Gasteiger partial charge in [0.05, 0.1) is 0 Å². The van der Waals surface area contributed by atoms with Gasteiger partial charge in [-0.25, -0.2) is 9.97 Å². The maximum Gasteiger partial charge on any atom is 0.289 e. The fraction of sp³-hybridized carbons (Fsp3) is 0.444. The van der Waals surface area contributed by atoms with Crippen LogP contribution in [0.2, 0.25) is 0 Å². The molecule has 5 nitrogen and oxygen atoms in total. The molecular formula is C9H12N4O. The molecule has 1 fully saturated rings. The van der Waals surface area contributed by atoms with Gasteiger partial charge in [-0.3, -0.25) is 4.79 Å². The Morgan fingerprint density at radius 3 is 2.93 bits per heavy atom. The first-order chi connectivity index (χ1) is 6.86. The van der Waals surface area contributed by atoms with E-state index in [9.17, 15) is 4.79 Å². The molecule has 74 valence electrons. The zero-order valence-corrected chi connectivity index (χ0v) is 7.73. The van der Waals surface area contributed by atoms with E-state index in [-0.39, 0.29) is 17.8 Å².